The Labute approximate surface area is 110 Å². The van der Waals surface area contributed by atoms with Gasteiger partial charge in [-0.05, 0) is 12.1 Å². The summed E-state index contributed by atoms with van der Waals surface area (Å²) in [4.78, 5) is 10.8. The minimum atomic E-state index is -0.506. The lowest BCUT2D eigenvalue weighted by Gasteiger charge is -2.19. The van der Waals surface area contributed by atoms with Crippen LogP contribution in [0.25, 0.3) is 11.0 Å². The number of hydrogen-bond acceptors (Lipinski definition) is 6. The molecule has 0 aromatic carbocycles. The molecule has 1 aliphatic rings. The van der Waals surface area contributed by atoms with E-state index in [0.717, 1.165) is 16.7 Å². The standard InChI is InChI=1S/C13H16N4O2/c1-19-12-3-2-9-13(16-12)10(4-5-15-9)17-6-8(14)11(18)7-17/h2-5,8,11,18H,6-7,14H2,1H3/t8-,11-/m1/s1. The molecular weight excluding hydrogens is 244 g/mol. The van der Waals surface area contributed by atoms with Crippen LogP contribution < -0.4 is 15.4 Å². The molecule has 2 aromatic heterocycles. The second-order valence-electron chi connectivity index (χ2n) is 4.69. The molecule has 0 unspecified atom stereocenters. The fourth-order valence-electron chi connectivity index (χ4n) is 2.37. The van der Waals surface area contributed by atoms with Gasteiger partial charge in [-0.2, -0.15) is 0 Å². The van der Waals surface area contributed by atoms with E-state index in [1.165, 1.54) is 0 Å². The van der Waals surface area contributed by atoms with E-state index in [1.807, 2.05) is 17.0 Å². The summed E-state index contributed by atoms with van der Waals surface area (Å²) in [6, 6.07) is 5.31. The number of ether oxygens (including phenoxy) is 1. The van der Waals surface area contributed by atoms with Crippen molar-refractivity contribution in [2.75, 3.05) is 25.1 Å². The number of β-amino-alcohol motifs (C(OH)–C–C–N with tert-alkyl or cyclic N) is 1. The largest absolute Gasteiger partial charge is 0.481 e. The molecule has 6 heteroatoms. The van der Waals surface area contributed by atoms with Gasteiger partial charge in [-0.1, -0.05) is 0 Å². The number of aliphatic hydroxyl groups is 1. The van der Waals surface area contributed by atoms with Gasteiger partial charge in [0, 0.05) is 31.4 Å². The minimum Gasteiger partial charge on any atom is -0.481 e. The summed E-state index contributed by atoms with van der Waals surface area (Å²) >= 11 is 0. The smallest absolute Gasteiger partial charge is 0.213 e. The zero-order valence-corrected chi connectivity index (χ0v) is 10.7. The average Bonchev–Trinajstić information content (AvgIpc) is 2.77. The number of methoxy groups -OCH3 is 1. The first-order valence-electron chi connectivity index (χ1n) is 6.17. The van der Waals surface area contributed by atoms with E-state index in [9.17, 15) is 5.11 Å². The summed E-state index contributed by atoms with van der Waals surface area (Å²) in [6.07, 6.45) is 1.23. The number of nitrogens with zero attached hydrogens (tertiary/aromatic N) is 3. The van der Waals surface area contributed by atoms with Crippen LogP contribution in [0.1, 0.15) is 0 Å². The van der Waals surface area contributed by atoms with Crippen molar-refractivity contribution in [2.45, 2.75) is 12.1 Å². The fourth-order valence-corrected chi connectivity index (χ4v) is 2.37. The van der Waals surface area contributed by atoms with Crippen molar-refractivity contribution < 1.29 is 9.84 Å². The fraction of sp³-hybridized carbons (Fsp3) is 0.385. The highest BCUT2D eigenvalue weighted by molar-refractivity contribution is 5.88. The van der Waals surface area contributed by atoms with E-state index in [2.05, 4.69) is 9.97 Å². The van der Waals surface area contributed by atoms with Crippen LogP contribution in [-0.4, -0.2) is 47.4 Å². The summed E-state index contributed by atoms with van der Waals surface area (Å²) in [7, 11) is 1.58. The number of nitrogens with two attached hydrogens (primary N) is 1. The molecule has 2 aromatic rings. The summed E-state index contributed by atoms with van der Waals surface area (Å²) in [5.41, 5.74) is 8.35. The van der Waals surface area contributed by atoms with Gasteiger partial charge in [0.25, 0.3) is 0 Å². The van der Waals surface area contributed by atoms with Gasteiger partial charge in [0.1, 0.15) is 5.52 Å². The molecule has 0 bridgehead atoms. The Kier molecular flexibility index (Phi) is 2.96. The van der Waals surface area contributed by atoms with E-state index >= 15 is 0 Å². The van der Waals surface area contributed by atoms with Gasteiger partial charge >= 0.3 is 0 Å². The Bertz CT molecular complexity index is 594. The highest BCUT2D eigenvalue weighted by atomic mass is 16.5. The number of aliphatic hydroxyl groups excluding tert-OH is 1. The molecule has 100 valence electrons. The normalized spacial score (nSPS) is 23.0. The summed E-state index contributed by atoms with van der Waals surface area (Å²) < 4.78 is 5.15. The van der Waals surface area contributed by atoms with Crippen LogP contribution in [-0.2, 0) is 0 Å². The molecule has 1 fully saturated rings. The minimum absolute atomic E-state index is 0.228. The van der Waals surface area contributed by atoms with Gasteiger partial charge in [-0.3, -0.25) is 4.98 Å². The highest BCUT2D eigenvalue weighted by Gasteiger charge is 2.29. The molecular formula is C13H16N4O2. The quantitative estimate of drug-likeness (QED) is 0.799. The van der Waals surface area contributed by atoms with Crippen molar-refractivity contribution in [3.8, 4) is 5.88 Å². The number of hydrogen-bond donors (Lipinski definition) is 2. The van der Waals surface area contributed by atoms with E-state index in [4.69, 9.17) is 10.5 Å². The summed E-state index contributed by atoms with van der Waals surface area (Å²) in [5, 5.41) is 9.77. The van der Waals surface area contributed by atoms with Crippen molar-refractivity contribution in [2.24, 2.45) is 5.73 Å². The molecule has 2 atom stereocenters. The van der Waals surface area contributed by atoms with Crippen molar-refractivity contribution in [3.05, 3.63) is 24.4 Å². The van der Waals surface area contributed by atoms with Crippen LogP contribution in [0.2, 0.25) is 0 Å². The van der Waals surface area contributed by atoms with Crippen LogP contribution in [0, 0.1) is 0 Å². The number of rotatable bonds is 2. The molecule has 1 aliphatic heterocycles. The second-order valence-corrected chi connectivity index (χ2v) is 4.69. The van der Waals surface area contributed by atoms with E-state index in [0.29, 0.717) is 19.0 Å². The first-order valence-corrected chi connectivity index (χ1v) is 6.17. The lowest BCUT2D eigenvalue weighted by molar-refractivity contribution is 0.180. The summed E-state index contributed by atoms with van der Waals surface area (Å²) in [5.74, 6) is 0.547. The predicted molar refractivity (Wildman–Crippen MR) is 72.3 cm³/mol. The number of fused-ring (bicyclic) bond motifs is 1. The Morgan fingerprint density at radius 1 is 1.37 bits per heavy atom. The Balaban J connectivity index is 2.08. The van der Waals surface area contributed by atoms with Gasteiger partial charge in [0.2, 0.25) is 5.88 Å². The topological polar surface area (TPSA) is 84.5 Å². The lowest BCUT2D eigenvalue weighted by Crippen LogP contribution is -2.32. The molecule has 0 saturated carbocycles. The SMILES string of the molecule is COc1ccc2nccc(N3C[C@@H](N)[C@H](O)C3)c2n1. The zero-order chi connectivity index (χ0) is 13.4. The number of aromatic nitrogens is 2. The number of pyridine rings is 2. The first kappa shape index (κ1) is 12.1. The van der Waals surface area contributed by atoms with E-state index < -0.39 is 6.10 Å². The van der Waals surface area contributed by atoms with Crippen LogP contribution in [0.4, 0.5) is 5.69 Å². The molecule has 3 heterocycles. The van der Waals surface area contributed by atoms with Gasteiger partial charge in [-0.15, -0.1) is 0 Å². The van der Waals surface area contributed by atoms with Crippen molar-refractivity contribution in [1.29, 1.82) is 0 Å². The van der Waals surface area contributed by atoms with Crippen molar-refractivity contribution in [1.82, 2.24) is 9.97 Å². The molecule has 1 saturated heterocycles. The molecule has 6 nitrogen and oxygen atoms in total. The van der Waals surface area contributed by atoms with Gasteiger partial charge in [-0.25, -0.2) is 4.98 Å². The molecule has 3 N–H and O–H groups in total. The van der Waals surface area contributed by atoms with Crippen molar-refractivity contribution >= 4 is 16.7 Å². The van der Waals surface area contributed by atoms with Gasteiger partial charge in [0.15, 0.2) is 0 Å². The zero-order valence-electron chi connectivity index (χ0n) is 10.7. The van der Waals surface area contributed by atoms with Crippen molar-refractivity contribution in [3.63, 3.8) is 0 Å². The van der Waals surface area contributed by atoms with E-state index in [-0.39, 0.29) is 6.04 Å². The monoisotopic (exact) mass is 260 g/mol. The summed E-state index contributed by atoms with van der Waals surface area (Å²) in [6.45, 7) is 1.12. The van der Waals surface area contributed by atoms with Gasteiger partial charge in [0.05, 0.1) is 24.4 Å². The Morgan fingerprint density at radius 2 is 2.21 bits per heavy atom. The van der Waals surface area contributed by atoms with Crippen LogP contribution in [0.15, 0.2) is 24.4 Å². The molecule has 0 aliphatic carbocycles. The Hall–Kier alpha value is -1.92. The number of anilines is 1. The Morgan fingerprint density at radius 3 is 2.89 bits per heavy atom. The third-order valence-corrected chi connectivity index (χ3v) is 3.42. The van der Waals surface area contributed by atoms with Crippen LogP contribution >= 0.6 is 0 Å². The van der Waals surface area contributed by atoms with Gasteiger partial charge < -0.3 is 20.5 Å². The third-order valence-electron chi connectivity index (χ3n) is 3.42. The third kappa shape index (κ3) is 2.09. The predicted octanol–water partition coefficient (Wildman–Crippen LogP) is 0.147. The molecule has 3 rings (SSSR count). The molecule has 0 spiro atoms. The lowest BCUT2D eigenvalue weighted by atomic mass is 10.2. The first-order chi connectivity index (χ1) is 9.19. The molecule has 19 heavy (non-hydrogen) atoms. The van der Waals surface area contributed by atoms with Crippen LogP contribution in [0.5, 0.6) is 5.88 Å². The van der Waals surface area contributed by atoms with E-state index in [1.54, 1.807) is 19.4 Å². The van der Waals surface area contributed by atoms with Crippen LogP contribution in [0.3, 0.4) is 0 Å². The average molecular weight is 260 g/mol. The highest BCUT2D eigenvalue weighted by Crippen LogP contribution is 2.28. The molecule has 0 amide bonds. The second kappa shape index (κ2) is 4.64. The maximum absolute atomic E-state index is 9.77. The maximum Gasteiger partial charge on any atom is 0.213 e. The maximum atomic E-state index is 9.77. The molecule has 0 radical (unpaired) electrons.